The number of aliphatic carboxylic acids is 1. The highest BCUT2D eigenvalue weighted by Gasteiger charge is 2.53. The Morgan fingerprint density at radius 2 is 1.85 bits per heavy atom. The molecule has 2 fully saturated rings. The Morgan fingerprint density at radius 3 is 2.45 bits per heavy atom. The molecule has 1 spiro atoms. The maximum absolute atomic E-state index is 14.0. The number of carbonyl (C=O) groups is 1. The van der Waals surface area contributed by atoms with Gasteiger partial charge in [0.05, 0.1) is 24.5 Å². The van der Waals surface area contributed by atoms with Crippen molar-refractivity contribution in [2.75, 3.05) is 26.3 Å². The van der Waals surface area contributed by atoms with Gasteiger partial charge in [-0.15, -0.1) is 0 Å². The van der Waals surface area contributed by atoms with Crippen LogP contribution in [0.1, 0.15) is 11.1 Å². The van der Waals surface area contributed by atoms with Gasteiger partial charge in [0.1, 0.15) is 17.3 Å². The van der Waals surface area contributed by atoms with Gasteiger partial charge >= 0.3 is 5.97 Å². The molecule has 172 valence electrons. The molecule has 0 amide bonds. The van der Waals surface area contributed by atoms with E-state index in [-0.39, 0.29) is 16.7 Å². The van der Waals surface area contributed by atoms with Crippen LogP contribution in [0.2, 0.25) is 0 Å². The van der Waals surface area contributed by atoms with E-state index in [9.17, 15) is 22.7 Å². The molecule has 3 aromatic rings. The van der Waals surface area contributed by atoms with E-state index in [2.05, 4.69) is 0 Å². The molecule has 33 heavy (non-hydrogen) atoms. The van der Waals surface area contributed by atoms with Gasteiger partial charge in [-0.1, -0.05) is 12.1 Å². The molecule has 2 heterocycles. The number of hydrogen-bond acceptors (Lipinski definition) is 5. The van der Waals surface area contributed by atoms with E-state index in [0.717, 1.165) is 0 Å². The number of rotatable bonds is 6. The van der Waals surface area contributed by atoms with E-state index < -0.39 is 21.8 Å². The van der Waals surface area contributed by atoms with Crippen LogP contribution in [0.25, 0.3) is 10.8 Å². The van der Waals surface area contributed by atoms with Crippen LogP contribution >= 0.6 is 0 Å². The van der Waals surface area contributed by atoms with Crippen molar-refractivity contribution in [3.05, 3.63) is 65.5 Å². The highest BCUT2D eigenvalue weighted by Crippen LogP contribution is 2.41. The third-order valence-corrected chi connectivity index (χ3v) is 8.08. The molecule has 1 N–H and O–H groups in total. The van der Waals surface area contributed by atoms with Crippen molar-refractivity contribution in [2.24, 2.45) is 5.41 Å². The number of hydrogen-bond donors (Lipinski definition) is 1. The summed E-state index contributed by atoms with van der Waals surface area (Å²) in [6.07, 6.45) is -0.199. The second-order valence-electron chi connectivity index (χ2n) is 8.77. The Morgan fingerprint density at radius 1 is 1.15 bits per heavy atom. The lowest BCUT2D eigenvalue weighted by Gasteiger charge is -2.53. The minimum absolute atomic E-state index is 0.0229. The molecule has 0 aromatic heterocycles. The molecule has 0 saturated carbocycles. The normalized spacial score (nSPS) is 17.5. The lowest BCUT2D eigenvalue weighted by molar-refractivity contribution is -0.166. The fraction of sp³-hybridized carbons (Fsp3) is 0.292. The summed E-state index contributed by atoms with van der Waals surface area (Å²) >= 11 is 0. The first-order valence-corrected chi connectivity index (χ1v) is 11.9. The van der Waals surface area contributed by atoms with E-state index in [1.807, 2.05) is 0 Å². The number of sulfonamides is 1. The third-order valence-electron chi connectivity index (χ3n) is 6.28. The van der Waals surface area contributed by atoms with Crippen molar-refractivity contribution >= 4 is 26.8 Å². The summed E-state index contributed by atoms with van der Waals surface area (Å²) in [4.78, 5) is 11.5. The second kappa shape index (κ2) is 7.79. The van der Waals surface area contributed by atoms with Gasteiger partial charge in [-0.2, -0.15) is 4.31 Å². The standard InChI is InChI=1S/C24H22FNO6S/c1-15-17(9-22(27)28)8-16-2-3-18(25)10-21(16)23(15)32-19-4-6-20(7-5-19)33(29,30)26-11-24(12-26)13-31-14-24/h2-8,10H,9,11-14H2,1H3,(H,27,28). The molecule has 2 saturated heterocycles. The summed E-state index contributed by atoms with van der Waals surface area (Å²) in [5.41, 5.74) is 1.12. The van der Waals surface area contributed by atoms with Crippen LogP contribution in [0, 0.1) is 18.2 Å². The predicted molar refractivity (Wildman–Crippen MR) is 119 cm³/mol. The van der Waals surface area contributed by atoms with Crippen LogP contribution in [-0.4, -0.2) is 50.1 Å². The van der Waals surface area contributed by atoms with E-state index >= 15 is 0 Å². The molecule has 5 rings (SSSR count). The zero-order valence-electron chi connectivity index (χ0n) is 17.9. The fourth-order valence-electron chi connectivity index (χ4n) is 4.36. The van der Waals surface area contributed by atoms with Crippen molar-refractivity contribution in [1.29, 1.82) is 0 Å². The summed E-state index contributed by atoms with van der Waals surface area (Å²) in [6.45, 7) is 3.84. The molecular weight excluding hydrogens is 449 g/mol. The molecule has 0 radical (unpaired) electrons. The van der Waals surface area contributed by atoms with E-state index in [1.54, 1.807) is 31.2 Å². The Hall–Kier alpha value is -3.01. The van der Waals surface area contributed by atoms with Gasteiger partial charge in [0.2, 0.25) is 10.0 Å². The van der Waals surface area contributed by atoms with E-state index in [4.69, 9.17) is 9.47 Å². The number of benzene rings is 3. The van der Waals surface area contributed by atoms with Gasteiger partial charge in [0, 0.05) is 23.9 Å². The van der Waals surface area contributed by atoms with E-state index in [1.165, 1.54) is 28.6 Å². The zero-order valence-corrected chi connectivity index (χ0v) is 18.7. The first-order valence-electron chi connectivity index (χ1n) is 10.5. The average Bonchev–Trinajstić information content (AvgIpc) is 2.69. The van der Waals surface area contributed by atoms with Crippen LogP contribution in [0.3, 0.4) is 0 Å². The molecule has 0 unspecified atom stereocenters. The van der Waals surface area contributed by atoms with E-state index in [0.29, 0.717) is 59.7 Å². The highest BCUT2D eigenvalue weighted by atomic mass is 32.2. The van der Waals surface area contributed by atoms with Crippen molar-refractivity contribution in [1.82, 2.24) is 4.31 Å². The second-order valence-corrected chi connectivity index (χ2v) is 10.7. The Balaban J connectivity index is 1.44. The fourth-order valence-corrected chi connectivity index (χ4v) is 6.03. The predicted octanol–water partition coefficient (Wildman–Crippen LogP) is 3.73. The number of ether oxygens (including phenoxy) is 2. The first-order chi connectivity index (χ1) is 15.7. The average molecular weight is 472 g/mol. The molecule has 7 nitrogen and oxygen atoms in total. The smallest absolute Gasteiger partial charge is 0.307 e. The molecule has 9 heteroatoms. The molecule has 0 atom stereocenters. The van der Waals surface area contributed by atoms with Crippen molar-refractivity contribution < 1.29 is 32.2 Å². The molecule has 3 aromatic carbocycles. The largest absolute Gasteiger partial charge is 0.481 e. The van der Waals surface area contributed by atoms with Gasteiger partial charge in [-0.3, -0.25) is 4.79 Å². The molecular formula is C24H22FNO6S. The molecule has 2 aliphatic heterocycles. The quantitative estimate of drug-likeness (QED) is 0.589. The lowest BCUT2D eigenvalue weighted by atomic mass is 9.80. The minimum Gasteiger partial charge on any atom is -0.481 e. The topological polar surface area (TPSA) is 93.1 Å². The Labute approximate surface area is 190 Å². The molecule has 0 aliphatic carbocycles. The number of halogens is 1. The number of fused-ring (bicyclic) bond motifs is 1. The van der Waals surface area contributed by atoms with Crippen LogP contribution in [0.15, 0.2) is 53.4 Å². The van der Waals surface area contributed by atoms with Gasteiger partial charge < -0.3 is 14.6 Å². The van der Waals surface area contributed by atoms with Crippen LogP contribution in [0.5, 0.6) is 11.5 Å². The zero-order chi connectivity index (χ0) is 23.4. The van der Waals surface area contributed by atoms with Gasteiger partial charge in [0.15, 0.2) is 0 Å². The van der Waals surface area contributed by atoms with Gasteiger partial charge in [-0.25, -0.2) is 12.8 Å². The van der Waals surface area contributed by atoms with Crippen LogP contribution in [0.4, 0.5) is 4.39 Å². The number of carboxylic acids is 1. The number of nitrogens with zero attached hydrogens (tertiary/aromatic N) is 1. The molecule has 2 aliphatic rings. The Bertz CT molecular complexity index is 1360. The maximum Gasteiger partial charge on any atom is 0.307 e. The minimum atomic E-state index is -3.60. The number of carboxylic acid groups (broad SMARTS) is 1. The summed E-state index contributed by atoms with van der Waals surface area (Å²) in [5.74, 6) is -0.722. The monoisotopic (exact) mass is 471 g/mol. The van der Waals surface area contributed by atoms with Gasteiger partial charge in [0.25, 0.3) is 0 Å². The van der Waals surface area contributed by atoms with Crippen molar-refractivity contribution in [3.8, 4) is 11.5 Å². The van der Waals surface area contributed by atoms with Crippen molar-refractivity contribution in [2.45, 2.75) is 18.2 Å². The summed E-state index contributed by atoms with van der Waals surface area (Å²) in [7, 11) is -3.60. The molecule has 0 bridgehead atoms. The summed E-state index contributed by atoms with van der Waals surface area (Å²) in [6, 6.07) is 12.0. The SMILES string of the molecule is Cc1c(CC(=O)O)cc2ccc(F)cc2c1Oc1ccc(S(=O)(=O)N2CC3(COC3)C2)cc1. The lowest BCUT2D eigenvalue weighted by Crippen LogP contribution is -2.66. The van der Waals surface area contributed by atoms with Crippen molar-refractivity contribution in [3.63, 3.8) is 0 Å². The Kier molecular flexibility index (Phi) is 5.15. The summed E-state index contributed by atoms with van der Waals surface area (Å²) in [5, 5.41) is 10.4. The maximum atomic E-state index is 14.0. The van der Waals surface area contributed by atoms with Gasteiger partial charge in [-0.05, 0) is 59.8 Å². The van der Waals surface area contributed by atoms with Crippen LogP contribution < -0.4 is 4.74 Å². The third kappa shape index (κ3) is 3.86. The van der Waals surface area contributed by atoms with Crippen LogP contribution in [-0.2, 0) is 26.0 Å². The highest BCUT2D eigenvalue weighted by molar-refractivity contribution is 7.89. The summed E-state index contributed by atoms with van der Waals surface area (Å²) < 4.78 is 52.4. The first kappa shape index (κ1) is 21.8.